The maximum atomic E-state index is 11.5. The minimum Gasteiger partial charge on any atom is -0.423 e. The normalized spacial score (nSPS) is 11.9. The van der Waals surface area contributed by atoms with Gasteiger partial charge < -0.3 is 15.1 Å². The summed E-state index contributed by atoms with van der Waals surface area (Å²) < 4.78 is 5.27. The molecule has 1 atom stereocenters. The van der Waals surface area contributed by atoms with Crippen LogP contribution in [0.1, 0.15) is 24.5 Å². The molecule has 0 spiro atoms. The van der Waals surface area contributed by atoms with E-state index in [1.165, 1.54) is 11.6 Å². The fourth-order valence-electron chi connectivity index (χ4n) is 2.89. The first-order valence-corrected chi connectivity index (χ1v) is 9.08. The zero-order chi connectivity index (χ0) is 18.5. The topological polar surface area (TPSA) is 54.3 Å². The molecule has 0 saturated carbocycles. The van der Waals surface area contributed by atoms with Crippen molar-refractivity contribution in [3.05, 3.63) is 76.1 Å². The third-order valence-electron chi connectivity index (χ3n) is 4.30. The number of thiocarbonyl (C=S) groups is 1. The van der Waals surface area contributed by atoms with Crippen LogP contribution in [0.15, 0.2) is 63.8 Å². The number of hydrogen-bond donors (Lipinski definition) is 2. The van der Waals surface area contributed by atoms with Gasteiger partial charge in [-0.25, -0.2) is 4.79 Å². The lowest BCUT2D eigenvalue weighted by Gasteiger charge is -2.17. The summed E-state index contributed by atoms with van der Waals surface area (Å²) in [4.78, 5) is 11.5. The van der Waals surface area contributed by atoms with Crippen molar-refractivity contribution in [3.63, 3.8) is 0 Å². The summed E-state index contributed by atoms with van der Waals surface area (Å²) in [7, 11) is 0. The van der Waals surface area contributed by atoms with Crippen molar-refractivity contribution in [2.45, 2.75) is 32.7 Å². The van der Waals surface area contributed by atoms with Gasteiger partial charge in [0.1, 0.15) is 5.58 Å². The van der Waals surface area contributed by atoms with E-state index < -0.39 is 0 Å². The van der Waals surface area contributed by atoms with Gasteiger partial charge in [-0.3, -0.25) is 0 Å². The van der Waals surface area contributed by atoms with E-state index in [0.29, 0.717) is 10.7 Å². The van der Waals surface area contributed by atoms with Crippen LogP contribution in [0.2, 0.25) is 0 Å². The minimum atomic E-state index is -0.345. The molecule has 4 nitrogen and oxygen atoms in total. The van der Waals surface area contributed by atoms with Crippen LogP contribution >= 0.6 is 12.2 Å². The Kier molecular flexibility index (Phi) is 5.68. The predicted octanol–water partition coefficient (Wildman–Crippen LogP) is 4.41. The number of hydrogen-bond acceptors (Lipinski definition) is 3. The summed E-state index contributed by atoms with van der Waals surface area (Å²) in [6, 6.07) is 17.8. The van der Waals surface area contributed by atoms with Gasteiger partial charge in [0.15, 0.2) is 5.11 Å². The number of anilines is 1. The first-order valence-electron chi connectivity index (χ1n) is 8.67. The highest BCUT2D eigenvalue weighted by atomic mass is 32.1. The second kappa shape index (κ2) is 8.15. The van der Waals surface area contributed by atoms with Gasteiger partial charge in [-0.15, -0.1) is 0 Å². The fourth-order valence-corrected chi connectivity index (χ4v) is 3.21. The van der Waals surface area contributed by atoms with Crippen molar-refractivity contribution in [2.24, 2.45) is 0 Å². The van der Waals surface area contributed by atoms with Crippen molar-refractivity contribution >= 4 is 34.0 Å². The lowest BCUT2D eigenvalue weighted by Crippen LogP contribution is -2.36. The van der Waals surface area contributed by atoms with Crippen LogP contribution in [-0.2, 0) is 6.42 Å². The van der Waals surface area contributed by atoms with Crippen LogP contribution in [0.5, 0.6) is 0 Å². The van der Waals surface area contributed by atoms with Gasteiger partial charge in [0.05, 0.1) is 0 Å². The van der Waals surface area contributed by atoms with Crippen molar-refractivity contribution in [3.8, 4) is 0 Å². The van der Waals surface area contributed by atoms with E-state index in [-0.39, 0.29) is 11.7 Å². The molecule has 0 amide bonds. The van der Waals surface area contributed by atoms with Crippen LogP contribution in [0.3, 0.4) is 0 Å². The molecule has 0 fully saturated rings. The molecule has 26 heavy (non-hydrogen) atoms. The van der Waals surface area contributed by atoms with E-state index in [4.69, 9.17) is 16.6 Å². The Labute approximate surface area is 158 Å². The highest BCUT2D eigenvalue weighted by Gasteiger charge is 2.07. The maximum absolute atomic E-state index is 11.5. The van der Waals surface area contributed by atoms with E-state index in [1.54, 1.807) is 6.07 Å². The molecule has 0 radical (unpaired) electrons. The monoisotopic (exact) mass is 366 g/mol. The van der Waals surface area contributed by atoms with Gasteiger partial charge in [0.25, 0.3) is 0 Å². The standard InChI is InChI=1S/C21H22N2O2S/c1-14-12-20(24)25-19-13-17(10-11-18(14)19)23-21(26)22-15(2)8-9-16-6-4-3-5-7-16/h3-7,10-13,15H,8-9H2,1-2H3,(H2,22,23,26). The number of aryl methyl sites for hydroxylation is 2. The molecule has 1 heterocycles. The zero-order valence-electron chi connectivity index (χ0n) is 14.9. The Hall–Kier alpha value is -2.66. The molecule has 2 aromatic carbocycles. The predicted molar refractivity (Wildman–Crippen MR) is 111 cm³/mol. The number of rotatable bonds is 5. The summed E-state index contributed by atoms with van der Waals surface area (Å²) in [5.41, 5.74) is 3.22. The third-order valence-corrected chi connectivity index (χ3v) is 4.52. The van der Waals surface area contributed by atoms with Crippen LogP contribution in [0.4, 0.5) is 5.69 Å². The van der Waals surface area contributed by atoms with E-state index in [9.17, 15) is 4.79 Å². The number of fused-ring (bicyclic) bond motifs is 1. The quantitative estimate of drug-likeness (QED) is 0.517. The Balaban J connectivity index is 1.59. The SMILES string of the molecule is Cc1cc(=O)oc2cc(NC(=S)NC(C)CCc3ccccc3)ccc12. The lowest BCUT2D eigenvalue weighted by molar-refractivity contribution is 0.560. The molecule has 3 aromatic rings. The fraction of sp³-hybridized carbons (Fsp3) is 0.238. The smallest absolute Gasteiger partial charge is 0.336 e. The Morgan fingerprint density at radius 3 is 2.69 bits per heavy atom. The number of nitrogens with one attached hydrogen (secondary N) is 2. The zero-order valence-corrected chi connectivity index (χ0v) is 15.7. The summed E-state index contributed by atoms with van der Waals surface area (Å²) in [5, 5.41) is 7.93. The molecule has 2 N–H and O–H groups in total. The average Bonchev–Trinajstić information content (AvgIpc) is 2.60. The molecular formula is C21H22N2O2S. The van der Waals surface area contributed by atoms with Gasteiger partial charge in [-0.1, -0.05) is 30.3 Å². The summed E-state index contributed by atoms with van der Waals surface area (Å²) >= 11 is 5.40. The van der Waals surface area contributed by atoms with Gasteiger partial charge in [0, 0.05) is 29.2 Å². The van der Waals surface area contributed by atoms with Crippen molar-refractivity contribution in [2.75, 3.05) is 5.32 Å². The summed E-state index contributed by atoms with van der Waals surface area (Å²) in [6.07, 6.45) is 1.98. The van der Waals surface area contributed by atoms with Crippen molar-refractivity contribution < 1.29 is 4.42 Å². The van der Waals surface area contributed by atoms with E-state index in [0.717, 1.165) is 29.5 Å². The largest absolute Gasteiger partial charge is 0.423 e. The molecule has 5 heteroatoms. The Morgan fingerprint density at radius 2 is 1.92 bits per heavy atom. The molecule has 0 aliphatic rings. The van der Waals surface area contributed by atoms with Crippen LogP contribution in [-0.4, -0.2) is 11.2 Å². The summed E-state index contributed by atoms with van der Waals surface area (Å²) in [6.45, 7) is 4.01. The van der Waals surface area contributed by atoms with E-state index in [1.807, 2.05) is 25.1 Å². The minimum absolute atomic E-state index is 0.246. The van der Waals surface area contributed by atoms with Crippen LogP contribution in [0, 0.1) is 6.92 Å². The molecule has 134 valence electrons. The van der Waals surface area contributed by atoms with Gasteiger partial charge >= 0.3 is 5.63 Å². The van der Waals surface area contributed by atoms with Gasteiger partial charge in [0.2, 0.25) is 0 Å². The van der Waals surface area contributed by atoms with Gasteiger partial charge in [-0.2, -0.15) is 0 Å². The van der Waals surface area contributed by atoms with Crippen molar-refractivity contribution in [1.29, 1.82) is 0 Å². The molecule has 0 aliphatic heterocycles. The molecule has 0 bridgehead atoms. The Morgan fingerprint density at radius 1 is 1.15 bits per heavy atom. The molecule has 0 saturated heterocycles. The maximum Gasteiger partial charge on any atom is 0.336 e. The van der Waals surface area contributed by atoms with Crippen LogP contribution < -0.4 is 16.3 Å². The molecule has 3 rings (SSSR count). The first kappa shape index (κ1) is 18.1. The molecule has 0 aliphatic carbocycles. The molecule has 1 aromatic heterocycles. The highest BCUT2D eigenvalue weighted by Crippen LogP contribution is 2.20. The number of benzene rings is 2. The first-order chi connectivity index (χ1) is 12.5. The second-order valence-electron chi connectivity index (χ2n) is 6.48. The molecular weight excluding hydrogens is 344 g/mol. The van der Waals surface area contributed by atoms with E-state index >= 15 is 0 Å². The highest BCUT2D eigenvalue weighted by molar-refractivity contribution is 7.80. The van der Waals surface area contributed by atoms with Crippen LogP contribution in [0.25, 0.3) is 11.0 Å². The summed E-state index contributed by atoms with van der Waals surface area (Å²) in [5.74, 6) is 0. The van der Waals surface area contributed by atoms with Crippen molar-refractivity contribution in [1.82, 2.24) is 5.32 Å². The average molecular weight is 366 g/mol. The second-order valence-corrected chi connectivity index (χ2v) is 6.89. The molecule has 1 unspecified atom stereocenters. The lowest BCUT2D eigenvalue weighted by atomic mass is 10.1. The van der Waals surface area contributed by atoms with E-state index in [2.05, 4.69) is 41.8 Å². The van der Waals surface area contributed by atoms with Gasteiger partial charge in [-0.05, 0) is 62.2 Å². The third kappa shape index (κ3) is 4.70. The Bertz CT molecular complexity index is 967.